The Labute approximate surface area is 130 Å². The minimum absolute atomic E-state index is 0.473. The van der Waals surface area contributed by atoms with Gasteiger partial charge < -0.3 is 0 Å². The second kappa shape index (κ2) is 8.54. The van der Waals surface area contributed by atoms with Gasteiger partial charge in [0.2, 0.25) is 10.0 Å². The predicted octanol–water partition coefficient (Wildman–Crippen LogP) is 4.15. The average molecular weight is 311 g/mol. The van der Waals surface area contributed by atoms with Crippen molar-refractivity contribution in [1.82, 2.24) is 4.31 Å². The second-order valence-electron chi connectivity index (χ2n) is 5.86. The molecule has 21 heavy (non-hydrogen) atoms. The van der Waals surface area contributed by atoms with E-state index in [4.69, 9.17) is 0 Å². The summed E-state index contributed by atoms with van der Waals surface area (Å²) in [5, 5.41) is 0. The van der Waals surface area contributed by atoms with Crippen molar-refractivity contribution in [3.8, 4) is 0 Å². The molecule has 0 radical (unpaired) electrons. The zero-order valence-electron chi connectivity index (χ0n) is 13.9. The SMILES string of the molecule is CCCCCCCCc1c(C)cccc1S(=O)(=O)N(C)C. The van der Waals surface area contributed by atoms with Crippen LogP contribution in [0.4, 0.5) is 0 Å². The number of rotatable bonds is 9. The fourth-order valence-electron chi connectivity index (χ4n) is 2.52. The molecule has 1 aromatic carbocycles. The van der Waals surface area contributed by atoms with Crippen LogP contribution in [-0.2, 0) is 16.4 Å². The molecule has 0 fully saturated rings. The van der Waals surface area contributed by atoms with Gasteiger partial charge in [-0.05, 0) is 37.0 Å². The first-order valence-corrected chi connectivity index (χ1v) is 9.36. The van der Waals surface area contributed by atoms with Gasteiger partial charge in [0.15, 0.2) is 0 Å². The van der Waals surface area contributed by atoms with E-state index in [1.165, 1.54) is 36.4 Å². The second-order valence-corrected chi connectivity index (χ2v) is 7.98. The molecule has 0 saturated heterocycles. The number of hydrogen-bond donors (Lipinski definition) is 0. The van der Waals surface area contributed by atoms with Crippen molar-refractivity contribution in [3.63, 3.8) is 0 Å². The molecule has 1 aromatic rings. The highest BCUT2D eigenvalue weighted by atomic mass is 32.2. The third kappa shape index (κ3) is 5.11. The summed E-state index contributed by atoms with van der Waals surface area (Å²) in [6.07, 6.45) is 8.16. The van der Waals surface area contributed by atoms with E-state index in [0.29, 0.717) is 4.90 Å². The fraction of sp³-hybridized carbons (Fsp3) is 0.647. The zero-order valence-corrected chi connectivity index (χ0v) is 14.7. The molecule has 0 amide bonds. The molecule has 0 aliphatic carbocycles. The zero-order chi connectivity index (χ0) is 15.9. The summed E-state index contributed by atoms with van der Waals surface area (Å²) < 4.78 is 26.1. The molecule has 120 valence electrons. The summed E-state index contributed by atoms with van der Waals surface area (Å²) in [6, 6.07) is 5.56. The van der Waals surface area contributed by atoms with Crippen molar-refractivity contribution in [2.75, 3.05) is 14.1 Å². The number of sulfonamides is 1. The molecule has 1 rings (SSSR count). The normalized spacial score (nSPS) is 12.0. The third-order valence-electron chi connectivity index (χ3n) is 3.91. The highest BCUT2D eigenvalue weighted by molar-refractivity contribution is 7.89. The van der Waals surface area contributed by atoms with Gasteiger partial charge in [0.1, 0.15) is 0 Å². The van der Waals surface area contributed by atoms with E-state index in [0.717, 1.165) is 24.0 Å². The van der Waals surface area contributed by atoms with Crippen LogP contribution >= 0.6 is 0 Å². The maximum absolute atomic E-state index is 12.4. The highest BCUT2D eigenvalue weighted by Gasteiger charge is 2.21. The molecule has 0 unspecified atom stereocenters. The molecule has 3 nitrogen and oxygen atoms in total. The Bertz CT molecular complexity index is 536. The smallest absolute Gasteiger partial charge is 0.207 e. The Hall–Kier alpha value is -0.870. The highest BCUT2D eigenvalue weighted by Crippen LogP contribution is 2.24. The van der Waals surface area contributed by atoms with E-state index in [-0.39, 0.29) is 0 Å². The lowest BCUT2D eigenvalue weighted by molar-refractivity contribution is 0.518. The Balaban J connectivity index is 2.78. The van der Waals surface area contributed by atoms with Gasteiger partial charge in [-0.2, -0.15) is 0 Å². The van der Waals surface area contributed by atoms with Crippen molar-refractivity contribution in [2.45, 2.75) is 63.7 Å². The van der Waals surface area contributed by atoms with Crippen LogP contribution in [0.5, 0.6) is 0 Å². The summed E-state index contributed by atoms with van der Waals surface area (Å²) in [4.78, 5) is 0.473. The van der Waals surface area contributed by atoms with Crippen LogP contribution in [0.2, 0.25) is 0 Å². The van der Waals surface area contributed by atoms with Crippen molar-refractivity contribution >= 4 is 10.0 Å². The number of aryl methyl sites for hydroxylation is 1. The van der Waals surface area contributed by atoms with Crippen LogP contribution in [-0.4, -0.2) is 26.8 Å². The van der Waals surface area contributed by atoms with Gasteiger partial charge in [0.25, 0.3) is 0 Å². The number of nitrogens with zero attached hydrogens (tertiary/aromatic N) is 1. The molecule has 0 aliphatic heterocycles. The number of benzene rings is 1. The van der Waals surface area contributed by atoms with Gasteiger partial charge in [-0.1, -0.05) is 51.2 Å². The van der Waals surface area contributed by atoms with Crippen LogP contribution in [0.25, 0.3) is 0 Å². The van der Waals surface area contributed by atoms with Crippen LogP contribution < -0.4 is 0 Å². The maximum atomic E-state index is 12.4. The van der Waals surface area contributed by atoms with Crippen LogP contribution in [0.1, 0.15) is 56.6 Å². The Morgan fingerprint density at radius 2 is 1.62 bits per heavy atom. The quantitative estimate of drug-likeness (QED) is 0.643. The lowest BCUT2D eigenvalue weighted by Crippen LogP contribution is -2.23. The molecule has 0 bridgehead atoms. The lowest BCUT2D eigenvalue weighted by Gasteiger charge is -2.17. The van der Waals surface area contributed by atoms with Gasteiger partial charge in [0, 0.05) is 14.1 Å². The first kappa shape index (κ1) is 18.2. The summed E-state index contributed by atoms with van der Waals surface area (Å²) >= 11 is 0. The maximum Gasteiger partial charge on any atom is 0.242 e. The standard InChI is InChI=1S/C17H29NO2S/c1-5-6-7-8-9-10-13-16-15(2)12-11-14-17(16)21(19,20)18(3)4/h11-12,14H,5-10,13H2,1-4H3. The van der Waals surface area contributed by atoms with E-state index >= 15 is 0 Å². The fourth-order valence-corrected chi connectivity index (χ4v) is 3.73. The van der Waals surface area contributed by atoms with Gasteiger partial charge in [-0.3, -0.25) is 0 Å². The van der Waals surface area contributed by atoms with Gasteiger partial charge in [-0.15, -0.1) is 0 Å². The average Bonchev–Trinajstić information content (AvgIpc) is 2.43. The molecular weight excluding hydrogens is 282 g/mol. The van der Waals surface area contributed by atoms with E-state index in [2.05, 4.69) is 6.92 Å². The van der Waals surface area contributed by atoms with E-state index < -0.39 is 10.0 Å². The molecule has 0 atom stereocenters. The van der Waals surface area contributed by atoms with Crippen LogP contribution in [0.15, 0.2) is 23.1 Å². The van der Waals surface area contributed by atoms with Gasteiger partial charge in [0.05, 0.1) is 4.90 Å². The lowest BCUT2D eigenvalue weighted by atomic mass is 10.0. The van der Waals surface area contributed by atoms with Crippen LogP contribution in [0.3, 0.4) is 0 Å². The number of hydrogen-bond acceptors (Lipinski definition) is 2. The predicted molar refractivity (Wildman–Crippen MR) is 89.1 cm³/mol. The molecule has 0 aliphatic rings. The van der Waals surface area contributed by atoms with Crippen LogP contribution in [0, 0.1) is 6.92 Å². The van der Waals surface area contributed by atoms with Crippen molar-refractivity contribution in [3.05, 3.63) is 29.3 Å². The van der Waals surface area contributed by atoms with E-state index in [9.17, 15) is 8.42 Å². The molecule has 0 N–H and O–H groups in total. The summed E-state index contributed by atoms with van der Waals surface area (Å²) in [7, 11) is -0.169. The van der Waals surface area contributed by atoms with Gasteiger partial charge in [-0.25, -0.2) is 12.7 Å². The Morgan fingerprint density at radius 1 is 1.00 bits per heavy atom. The Kier molecular flexibility index (Phi) is 7.40. The monoisotopic (exact) mass is 311 g/mol. The van der Waals surface area contributed by atoms with Gasteiger partial charge >= 0.3 is 0 Å². The first-order valence-electron chi connectivity index (χ1n) is 7.92. The van der Waals surface area contributed by atoms with E-state index in [1.54, 1.807) is 20.2 Å². The largest absolute Gasteiger partial charge is 0.242 e. The van der Waals surface area contributed by atoms with E-state index in [1.807, 2.05) is 19.1 Å². The minimum Gasteiger partial charge on any atom is -0.207 e. The molecule has 0 saturated carbocycles. The minimum atomic E-state index is -3.35. The first-order chi connectivity index (χ1) is 9.91. The molecule has 0 heterocycles. The van der Waals surface area contributed by atoms with Crippen molar-refractivity contribution < 1.29 is 8.42 Å². The topological polar surface area (TPSA) is 37.4 Å². The molecule has 0 aromatic heterocycles. The summed E-state index contributed by atoms with van der Waals surface area (Å²) in [5.41, 5.74) is 2.06. The third-order valence-corrected chi connectivity index (χ3v) is 5.81. The molecule has 0 spiro atoms. The van der Waals surface area contributed by atoms with Crippen molar-refractivity contribution in [2.24, 2.45) is 0 Å². The van der Waals surface area contributed by atoms with Crippen molar-refractivity contribution in [1.29, 1.82) is 0 Å². The summed E-state index contributed by atoms with van der Waals surface area (Å²) in [6.45, 7) is 4.22. The molecular formula is C17H29NO2S. The molecule has 4 heteroatoms. The summed E-state index contributed by atoms with van der Waals surface area (Å²) in [5.74, 6) is 0. The Morgan fingerprint density at radius 3 is 2.24 bits per heavy atom. The number of unbranched alkanes of at least 4 members (excludes halogenated alkanes) is 5.